The number of carbonyl (C=O) groups excluding carboxylic acids is 2. The molecule has 106 valence electrons. The summed E-state index contributed by atoms with van der Waals surface area (Å²) in [5.74, 6) is -0.774. The van der Waals surface area contributed by atoms with Crippen LogP contribution < -0.4 is 11.1 Å². The Morgan fingerprint density at radius 3 is 2.85 bits per heavy atom. The van der Waals surface area contributed by atoms with Crippen molar-refractivity contribution in [3.8, 4) is 0 Å². The predicted octanol–water partition coefficient (Wildman–Crippen LogP) is 1.83. The third-order valence-corrected chi connectivity index (χ3v) is 3.52. The van der Waals surface area contributed by atoms with E-state index in [1.54, 1.807) is 6.26 Å². The lowest BCUT2D eigenvalue weighted by atomic mass is 9.90. The zero-order chi connectivity index (χ0) is 13.4. The van der Waals surface area contributed by atoms with Gasteiger partial charge in [0.25, 0.3) is 0 Å². The number of benzene rings is 1. The molecule has 3 N–H and O–H groups in total. The van der Waals surface area contributed by atoms with Crippen LogP contribution in [-0.2, 0) is 16.1 Å². The second kappa shape index (κ2) is 5.64. The summed E-state index contributed by atoms with van der Waals surface area (Å²) >= 11 is 0. The van der Waals surface area contributed by atoms with Crippen LogP contribution in [0.2, 0.25) is 0 Å². The third kappa shape index (κ3) is 2.42. The number of hydrogen-bond acceptors (Lipinski definition) is 4. The Balaban J connectivity index is 0.00000147. The highest BCUT2D eigenvalue weighted by Gasteiger charge is 2.30. The molecule has 1 fully saturated rings. The zero-order valence-electron chi connectivity index (χ0n) is 10.7. The minimum absolute atomic E-state index is 0. The van der Waals surface area contributed by atoms with Gasteiger partial charge in [0.15, 0.2) is 0 Å². The first-order chi connectivity index (χ1) is 9.19. The van der Waals surface area contributed by atoms with Crippen LogP contribution in [0, 0.1) is 0 Å². The van der Waals surface area contributed by atoms with Crippen LogP contribution in [0.25, 0.3) is 11.0 Å². The van der Waals surface area contributed by atoms with E-state index in [1.807, 2.05) is 18.2 Å². The van der Waals surface area contributed by atoms with Crippen molar-refractivity contribution in [1.82, 2.24) is 5.32 Å². The molecule has 0 aliphatic carbocycles. The molecular formula is C14H15ClN2O3. The quantitative estimate of drug-likeness (QED) is 0.828. The molecule has 1 aliphatic rings. The van der Waals surface area contributed by atoms with Gasteiger partial charge in [0.2, 0.25) is 11.8 Å². The van der Waals surface area contributed by atoms with E-state index in [-0.39, 0.29) is 30.1 Å². The van der Waals surface area contributed by atoms with Gasteiger partial charge in [-0.15, -0.1) is 12.4 Å². The molecule has 3 rings (SSSR count). The molecule has 6 heteroatoms. The van der Waals surface area contributed by atoms with Crippen LogP contribution in [0.5, 0.6) is 0 Å². The van der Waals surface area contributed by atoms with E-state index < -0.39 is 0 Å². The molecule has 1 aromatic heterocycles. The Bertz CT molecular complexity index is 665. The summed E-state index contributed by atoms with van der Waals surface area (Å²) in [5.41, 5.74) is 8.13. The summed E-state index contributed by atoms with van der Waals surface area (Å²) in [6.45, 7) is 0.449. The Morgan fingerprint density at radius 2 is 2.15 bits per heavy atom. The first-order valence-corrected chi connectivity index (χ1v) is 6.23. The highest BCUT2D eigenvalue weighted by Crippen LogP contribution is 2.32. The number of furan rings is 1. The van der Waals surface area contributed by atoms with Crippen molar-refractivity contribution in [3.63, 3.8) is 0 Å². The van der Waals surface area contributed by atoms with Gasteiger partial charge in [0, 0.05) is 23.9 Å². The first-order valence-electron chi connectivity index (χ1n) is 6.23. The number of rotatable bonds is 2. The fraction of sp³-hybridized carbons (Fsp3) is 0.286. The maximum atomic E-state index is 11.9. The number of amides is 2. The molecule has 0 bridgehead atoms. The van der Waals surface area contributed by atoms with Crippen LogP contribution in [0.15, 0.2) is 28.9 Å². The van der Waals surface area contributed by atoms with Crippen LogP contribution in [0.3, 0.4) is 0 Å². The molecule has 0 radical (unpaired) electrons. The normalized spacial score (nSPS) is 18.8. The van der Waals surface area contributed by atoms with Gasteiger partial charge in [0.1, 0.15) is 5.58 Å². The molecule has 1 saturated heterocycles. The molecule has 5 nitrogen and oxygen atoms in total. The molecular weight excluding hydrogens is 280 g/mol. The van der Waals surface area contributed by atoms with Gasteiger partial charge in [-0.1, -0.05) is 12.1 Å². The van der Waals surface area contributed by atoms with Gasteiger partial charge in [-0.05, 0) is 18.1 Å². The maximum absolute atomic E-state index is 11.9. The van der Waals surface area contributed by atoms with E-state index in [4.69, 9.17) is 10.2 Å². The second-order valence-electron chi connectivity index (χ2n) is 4.73. The molecule has 2 heterocycles. The average Bonchev–Trinajstić information content (AvgIpc) is 2.81. The zero-order valence-corrected chi connectivity index (χ0v) is 11.5. The van der Waals surface area contributed by atoms with Crippen LogP contribution in [0.1, 0.15) is 29.9 Å². The predicted molar refractivity (Wildman–Crippen MR) is 76.5 cm³/mol. The summed E-state index contributed by atoms with van der Waals surface area (Å²) in [6.07, 6.45) is 2.49. The SMILES string of the molecule is Cl.NCc1ccc2c(C3CCC(=O)NC3=O)coc2c1. The summed E-state index contributed by atoms with van der Waals surface area (Å²) in [6, 6.07) is 5.72. The van der Waals surface area contributed by atoms with Crippen LogP contribution in [-0.4, -0.2) is 11.8 Å². The highest BCUT2D eigenvalue weighted by molar-refractivity contribution is 6.02. The monoisotopic (exact) mass is 294 g/mol. The number of carbonyl (C=O) groups is 2. The van der Waals surface area contributed by atoms with E-state index in [1.165, 1.54) is 0 Å². The van der Waals surface area contributed by atoms with E-state index in [0.29, 0.717) is 19.4 Å². The lowest BCUT2D eigenvalue weighted by Crippen LogP contribution is -2.39. The molecule has 0 spiro atoms. The fourth-order valence-corrected chi connectivity index (χ4v) is 2.48. The Labute approximate surface area is 121 Å². The molecule has 2 amide bonds. The van der Waals surface area contributed by atoms with Gasteiger partial charge in [-0.2, -0.15) is 0 Å². The number of nitrogens with one attached hydrogen (secondary N) is 1. The largest absolute Gasteiger partial charge is 0.464 e. The van der Waals surface area contributed by atoms with Crippen molar-refractivity contribution in [2.24, 2.45) is 5.73 Å². The molecule has 1 aromatic carbocycles. The van der Waals surface area contributed by atoms with Crippen LogP contribution >= 0.6 is 12.4 Å². The minimum Gasteiger partial charge on any atom is -0.464 e. The Kier molecular flexibility index (Phi) is 4.11. The molecule has 20 heavy (non-hydrogen) atoms. The van der Waals surface area contributed by atoms with Gasteiger partial charge in [-0.3, -0.25) is 14.9 Å². The lowest BCUT2D eigenvalue weighted by molar-refractivity contribution is -0.134. The summed E-state index contributed by atoms with van der Waals surface area (Å²) in [4.78, 5) is 23.0. The van der Waals surface area contributed by atoms with Crippen molar-refractivity contribution >= 4 is 35.2 Å². The third-order valence-electron chi connectivity index (χ3n) is 3.52. The number of imide groups is 1. The molecule has 2 aromatic rings. The van der Waals surface area contributed by atoms with E-state index >= 15 is 0 Å². The van der Waals surface area contributed by atoms with Crippen molar-refractivity contribution in [1.29, 1.82) is 0 Å². The van der Waals surface area contributed by atoms with Gasteiger partial charge in [-0.25, -0.2) is 0 Å². The highest BCUT2D eigenvalue weighted by atomic mass is 35.5. The lowest BCUT2D eigenvalue weighted by Gasteiger charge is -2.19. The maximum Gasteiger partial charge on any atom is 0.234 e. The van der Waals surface area contributed by atoms with E-state index in [2.05, 4.69) is 5.32 Å². The van der Waals surface area contributed by atoms with Crippen molar-refractivity contribution in [2.45, 2.75) is 25.3 Å². The molecule has 1 atom stereocenters. The van der Waals surface area contributed by atoms with Crippen molar-refractivity contribution in [2.75, 3.05) is 0 Å². The minimum atomic E-state index is -0.317. The van der Waals surface area contributed by atoms with Crippen LogP contribution in [0.4, 0.5) is 0 Å². The second-order valence-corrected chi connectivity index (χ2v) is 4.73. The number of piperidine rings is 1. The van der Waals surface area contributed by atoms with Gasteiger partial charge < -0.3 is 10.2 Å². The van der Waals surface area contributed by atoms with Crippen molar-refractivity contribution < 1.29 is 14.0 Å². The van der Waals surface area contributed by atoms with Gasteiger partial charge in [0.05, 0.1) is 12.2 Å². The Morgan fingerprint density at radius 1 is 1.35 bits per heavy atom. The first kappa shape index (κ1) is 14.6. The Hall–Kier alpha value is -1.85. The fourth-order valence-electron chi connectivity index (χ4n) is 2.48. The van der Waals surface area contributed by atoms with Crippen molar-refractivity contribution in [3.05, 3.63) is 35.6 Å². The number of hydrogen-bond donors (Lipinski definition) is 2. The smallest absolute Gasteiger partial charge is 0.234 e. The number of nitrogens with two attached hydrogens (primary N) is 1. The topological polar surface area (TPSA) is 85.3 Å². The standard InChI is InChI=1S/C14H14N2O3.ClH/c15-6-8-1-2-9-11(7-19-12(9)5-8)10-3-4-13(17)16-14(10)18;/h1-2,5,7,10H,3-4,6,15H2,(H,16,17,18);1H. The summed E-state index contributed by atoms with van der Waals surface area (Å²) in [7, 11) is 0. The van der Waals surface area contributed by atoms with Gasteiger partial charge >= 0.3 is 0 Å². The van der Waals surface area contributed by atoms with E-state index in [9.17, 15) is 9.59 Å². The molecule has 1 aliphatic heterocycles. The molecule has 0 saturated carbocycles. The summed E-state index contributed by atoms with van der Waals surface area (Å²) in [5, 5.41) is 3.27. The summed E-state index contributed by atoms with van der Waals surface area (Å²) < 4.78 is 5.50. The number of halogens is 1. The average molecular weight is 295 g/mol. The number of fused-ring (bicyclic) bond motifs is 1. The van der Waals surface area contributed by atoms with E-state index in [0.717, 1.165) is 22.1 Å². The molecule has 1 unspecified atom stereocenters.